The lowest BCUT2D eigenvalue weighted by Gasteiger charge is -2.33. The highest BCUT2D eigenvalue weighted by Crippen LogP contribution is 2.49. The SMILES string of the molecule is O=C(O)CON=C1CC2C1CC(CCC(O)Cc1ccccc1)C2O. The number of oxime groups is 1. The molecule has 2 fully saturated rings. The summed E-state index contributed by atoms with van der Waals surface area (Å²) in [4.78, 5) is 15.3. The van der Waals surface area contributed by atoms with E-state index < -0.39 is 18.7 Å². The minimum absolute atomic E-state index is 0.160. The number of hydrogen-bond donors (Lipinski definition) is 3. The van der Waals surface area contributed by atoms with Crippen LogP contribution in [0, 0.1) is 17.8 Å². The molecule has 5 unspecified atom stereocenters. The standard InChI is InChI=1S/C19H25NO5/c21-14(8-12-4-2-1-3-5-12)7-6-13-9-15-16(19(13)24)10-17(15)20-25-11-18(22)23/h1-5,13-16,19,21,24H,6-11H2,(H,22,23). The van der Waals surface area contributed by atoms with E-state index in [0.29, 0.717) is 19.3 Å². The number of aliphatic hydroxyl groups excluding tert-OH is 2. The molecule has 2 saturated carbocycles. The van der Waals surface area contributed by atoms with Gasteiger partial charge < -0.3 is 20.2 Å². The molecule has 6 heteroatoms. The van der Waals surface area contributed by atoms with Gasteiger partial charge in [0.15, 0.2) is 0 Å². The molecule has 136 valence electrons. The van der Waals surface area contributed by atoms with Crippen LogP contribution in [-0.2, 0) is 16.1 Å². The second-order valence-corrected chi connectivity index (χ2v) is 7.13. The van der Waals surface area contributed by atoms with Crippen molar-refractivity contribution in [3.05, 3.63) is 35.9 Å². The van der Waals surface area contributed by atoms with Crippen LogP contribution < -0.4 is 0 Å². The molecule has 2 aliphatic rings. The number of carboxylic acid groups (broad SMARTS) is 1. The molecule has 0 amide bonds. The molecule has 0 aliphatic heterocycles. The highest BCUT2D eigenvalue weighted by atomic mass is 16.6. The van der Waals surface area contributed by atoms with Crippen molar-refractivity contribution in [3.63, 3.8) is 0 Å². The predicted molar refractivity (Wildman–Crippen MR) is 92.1 cm³/mol. The summed E-state index contributed by atoms with van der Waals surface area (Å²) in [5.74, 6) is -0.493. The highest BCUT2D eigenvalue weighted by molar-refractivity contribution is 5.93. The highest BCUT2D eigenvalue weighted by Gasteiger charge is 2.51. The molecule has 0 spiro atoms. The molecular weight excluding hydrogens is 322 g/mol. The van der Waals surface area contributed by atoms with Gasteiger partial charge in [0, 0.05) is 5.92 Å². The minimum Gasteiger partial charge on any atom is -0.479 e. The maximum Gasteiger partial charge on any atom is 0.344 e. The van der Waals surface area contributed by atoms with Crippen molar-refractivity contribution in [1.29, 1.82) is 0 Å². The third kappa shape index (κ3) is 4.38. The normalized spacial score (nSPS) is 30.6. The first-order chi connectivity index (χ1) is 12.0. The summed E-state index contributed by atoms with van der Waals surface area (Å²) in [6, 6.07) is 9.91. The van der Waals surface area contributed by atoms with Crippen LogP contribution >= 0.6 is 0 Å². The van der Waals surface area contributed by atoms with Crippen molar-refractivity contribution in [3.8, 4) is 0 Å². The van der Waals surface area contributed by atoms with E-state index in [4.69, 9.17) is 9.94 Å². The molecule has 2 aliphatic carbocycles. The molecule has 0 bridgehead atoms. The fraction of sp³-hybridized carbons (Fsp3) is 0.579. The summed E-state index contributed by atoms with van der Waals surface area (Å²) in [5.41, 5.74) is 1.98. The second-order valence-electron chi connectivity index (χ2n) is 7.13. The van der Waals surface area contributed by atoms with Gasteiger partial charge in [0.05, 0.1) is 17.9 Å². The molecule has 3 rings (SSSR count). The largest absolute Gasteiger partial charge is 0.479 e. The van der Waals surface area contributed by atoms with E-state index in [2.05, 4.69) is 5.16 Å². The molecule has 0 aromatic heterocycles. The van der Waals surface area contributed by atoms with Crippen LogP contribution in [0.5, 0.6) is 0 Å². The molecule has 5 atom stereocenters. The third-order valence-corrected chi connectivity index (χ3v) is 5.42. The van der Waals surface area contributed by atoms with Gasteiger partial charge in [0.1, 0.15) is 0 Å². The quantitative estimate of drug-likeness (QED) is 0.623. The van der Waals surface area contributed by atoms with E-state index >= 15 is 0 Å². The number of benzene rings is 1. The lowest BCUT2D eigenvalue weighted by Crippen LogP contribution is -2.38. The Hall–Kier alpha value is -1.92. The molecule has 1 aromatic carbocycles. The zero-order valence-electron chi connectivity index (χ0n) is 14.1. The third-order valence-electron chi connectivity index (χ3n) is 5.42. The summed E-state index contributed by atoms with van der Waals surface area (Å²) >= 11 is 0. The van der Waals surface area contributed by atoms with Gasteiger partial charge in [-0.05, 0) is 49.5 Å². The van der Waals surface area contributed by atoms with E-state index in [1.165, 1.54) is 0 Å². The van der Waals surface area contributed by atoms with Crippen LogP contribution in [0.2, 0.25) is 0 Å². The zero-order chi connectivity index (χ0) is 17.8. The molecule has 3 N–H and O–H groups in total. The van der Waals surface area contributed by atoms with E-state index in [1.54, 1.807) is 0 Å². The maximum absolute atomic E-state index is 10.4. The molecule has 0 heterocycles. The molecule has 1 aromatic rings. The summed E-state index contributed by atoms with van der Waals surface area (Å²) in [6.45, 7) is -0.432. The minimum atomic E-state index is -1.04. The van der Waals surface area contributed by atoms with Crippen molar-refractivity contribution in [1.82, 2.24) is 0 Å². The first-order valence-corrected chi connectivity index (χ1v) is 8.85. The van der Waals surface area contributed by atoms with Crippen molar-refractivity contribution in [2.75, 3.05) is 6.61 Å². The Balaban J connectivity index is 1.44. The number of hydrogen-bond acceptors (Lipinski definition) is 5. The van der Waals surface area contributed by atoms with Crippen LogP contribution in [0.4, 0.5) is 0 Å². The van der Waals surface area contributed by atoms with Crippen molar-refractivity contribution in [2.24, 2.45) is 22.9 Å². The Morgan fingerprint density at radius 3 is 2.80 bits per heavy atom. The van der Waals surface area contributed by atoms with E-state index in [1.807, 2.05) is 30.3 Å². The Bertz CT molecular complexity index is 618. The molecule has 6 nitrogen and oxygen atoms in total. The summed E-state index contributed by atoms with van der Waals surface area (Å²) in [6.07, 6.45) is 2.82. The average Bonchev–Trinajstić information content (AvgIpc) is 2.81. The number of aliphatic hydroxyl groups is 2. The molecule has 0 saturated heterocycles. The number of carboxylic acids is 1. The monoisotopic (exact) mass is 347 g/mol. The Labute approximate surface area is 147 Å². The Morgan fingerprint density at radius 2 is 2.08 bits per heavy atom. The van der Waals surface area contributed by atoms with Gasteiger partial charge in [-0.1, -0.05) is 35.5 Å². The summed E-state index contributed by atoms with van der Waals surface area (Å²) < 4.78 is 0. The lowest BCUT2D eigenvalue weighted by atomic mass is 9.73. The molecular formula is C19H25NO5. The lowest BCUT2D eigenvalue weighted by molar-refractivity contribution is -0.142. The average molecular weight is 347 g/mol. The van der Waals surface area contributed by atoms with Gasteiger partial charge in [-0.15, -0.1) is 0 Å². The Morgan fingerprint density at radius 1 is 1.32 bits per heavy atom. The van der Waals surface area contributed by atoms with E-state index in [0.717, 1.165) is 24.1 Å². The predicted octanol–water partition coefficient (Wildman–Crippen LogP) is 1.84. The zero-order valence-corrected chi connectivity index (χ0v) is 14.1. The van der Waals surface area contributed by atoms with Crippen molar-refractivity contribution >= 4 is 11.7 Å². The first kappa shape index (κ1) is 17.9. The van der Waals surface area contributed by atoms with Gasteiger partial charge in [-0.2, -0.15) is 0 Å². The number of carbonyl (C=O) groups is 1. The second kappa shape index (κ2) is 7.97. The topological polar surface area (TPSA) is 99.4 Å². The van der Waals surface area contributed by atoms with Crippen molar-refractivity contribution < 1.29 is 25.0 Å². The van der Waals surface area contributed by atoms with E-state index in [9.17, 15) is 15.0 Å². The summed E-state index contributed by atoms with van der Waals surface area (Å²) in [7, 11) is 0. The maximum atomic E-state index is 10.4. The first-order valence-electron chi connectivity index (χ1n) is 8.85. The number of aliphatic carboxylic acids is 1. The fourth-order valence-corrected chi connectivity index (χ4v) is 4.07. The Kier molecular flexibility index (Phi) is 5.71. The van der Waals surface area contributed by atoms with Crippen molar-refractivity contribution in [2.45, 2.75) is 44.3 Å². The summed E-state index contributed by atoms with van der Waals surface area (Å²) in [5, 5.41) is 33.1. The fourth-order valence-electron chi connectivity index (χ4n) is 4.07. The number of nitrogens with zero attached hydrogens (tertiary/aromatic N) is 1. The molecule has 25 heavy (non-hydrogen) atoms. The van der Waals surface area contributed by atoms with Gasteiger partial charge in [0.2, 0.25) is 6.61 Å². The van der Waals surface area contributed by atoms with E-state index in [-0.39, 0.29) is 23.9 Å². The van der Waals surface area contributed by atoms with Crippen LogP contribution in [0.3, 0.4) is 0 Å². The molecule has 0 radical (unpaired) electrons. The van der Waals surface area contributed by atoms with Gasteiger partial charge >= 0.3 is 5.97 Å². The van der Waals surface area contributed by atoms with Gasteiger partial charge in [-0.3, -0.25) is 0 Å². The van der Waals surface area contributed by atoms with Crippen LogP contribution in [0.1, 0.15) is 31.2 Å². The van der Waals surface area contributed by atoms with Crippen LogP contribution in [-0.4, -0.2) is 45.8 Å². The smallest absolute Gasteiger partial charge is 0.344 e. The number of rotatable bonds is 8. The van der Waals surface area contributed by atoms with Crippen LogP contribution in [0.15, 0.2) is 35.5 Å². The van der Waals surface area contributed by atoms with Gasteiger partial charge in [-0.25, -0.2) is 4.79 Å². The van der Waals surface area contributed by atoms with Gasteiger partial charge in [0.25, 0.3) is 0 Å². The number of fused-ring (bicyclic) bond motifs is 1. The van der Waals surface area contributed by atoms with Crippen LogP contribution in [0.25, 0.3) is 0 Å².